The lowest BCUT2D eigenvalue weighted by Gasteiger charge is -2.04. The predicted molar refractivity (Wildman–Crippen MR) is 92.5 cm³/mol. The molecule has 0 unspecified atom stereocenters. The molecule has 1 N–H and O–H groups in total. The minimum absolute atomic E-state index is 0.157. The van der Waals surface area contributed by atoms with Crippen molar-refractivity contribution in [2.24, 2.45) is 0 Å². The summed E-state index contributed by atoms with van der Waals surface area (Å²) in [5.74, 6) is -0.343. The number of aromatic nitrogens is 2. The number of thiophene rings is 1. The fourth-order valence-electron chi connectivity index (χ4n) is 3.00. The standard InChI is InChI=1S/C16H17N5O3S/c1-10-8-14(21(23)24)19-20(10)7-3-6-15(22)18-16-12(9-17)11-4-2-5-13(11)25-16/h8H,2-7H2,1H3,(H,18,22). The third kappa shape index (κ3) is 3.53. The second-order valence-electron chi connectivity index (χ2n) is 5.95. The molecule has 9 heteroatoms. The summed E-state index contributed by atoms with van der Waals surface area (Å²) in [5.41, 5.74) is 2.38. The van der Waals surface area contributed by atoms with E-state index < -0.39 is 4.92 Å². The summed E-state index contributed by atoms with van der Waals surface area (Å²) in [6, 6.07) is 3.61. The maximum absolute atomic E-state index is 12.1. The molecule has 0 spiro atoms. The average molecular weight is 359 g/mol. The van der Waals surface area contributed by atoms with Crippen LogP contribution in [0.2, 0.25) is 0 Å². The van der Waals surface area contributed by atoms with Gasteiger partial charge in [0.2, 0.25) is 5.91 Å². The first-order valence-electron chi connectivity index (χ1n) is 8.03. The Balaban J connectivity index is 1.56. The molecule has 1 aliphatic rings. The fourth-order valence-corrected chi connectivity index (χ4v) is 4.25. The van der Waals surface area contributed by atoms with E-state index >= 15 is 0 Å². The Morgan fingerprint density at radius 3 is 3.04 bits per heavy atom. The Morgan fingerprint density at radius 2 is 2.36 bits per heavy atom. The van der Waals surface area contributed by atoms with Crippen molar-refractivity contribution < 1.29 is 9.72 Å². The number of carbonyl (C=O) groups is 1. The van der Waals surface area contributed by atoms with Crippen molar-refractivity contribution in [3.8, 4) is 6.07 Å². The first-order chi connectivity index (χ1) is 12.0. The van der Waals surface area contributed by atoms with E-state index in [0.717, 1.165) is 24.8 Å². The Labute approximate surface area is 148 Å². The number of amides is 1. The Hall–Kier alpha value is -2.73. The summed E-state index contributed by atoms with van der Waals surface area (Å²) in [4.78, 5) is 23.5. The number of fused-ring (bicyclic) bond motifs is 1. The first-order valence-corrected chi connectivity index (χ1v) is 8.84. The Kier molecular flexibility index (Phi) is 4.81. The van der Waals surface area contributed by atoms with E-state index in [2.05, 4.69) is 16.5 Å². The molecule has 0 atom stereocenters. The first kappa shape index (κ1) is 17.1. The molecule has 1 amide bonds. The van der Waals surface area contributed by atoms with Gasteiger partial charge in [0.25, 0.3) is 0 Å². The highest BCUT2D eigenvalue weighted by atomic mass is 32.1. The van der Waals surface area contributed by atoms with E-state index in [-0.39, 0.29) is 18.1 Å². The van der Waals surface area contributed by atoms with Gasteiger partial charge in [-0.25, -0.2) is 0 Å². The van der Waals surface area contributed by atoms with Crippen LogP contribution in [0.5, 0.6) is 0 Å². The number of hydrogen-bond donors (Lipinski definition) is 1. The minimum Gasteiger partial charge on any atom is -0.358 e. The Morgan fingerprint density at radius 1 is 1.56 bits per heavy atom. The highest BCUT2D eigenvalue weighted by Crippen LogP contribution is 2.38. The van der Waals surface area contributed by atoms with Crippen LogP contribution >= 0.6 is 11.3 Å². The van der Waals surface area contributed by atoms with E-state index in [4.69, 9.17) is 0 Å². The number of nitrogens with one attached hydrogen (secondary N) is 1. The smallest absolute Gasteiger partial charge is 0.358 e. The quantitative estimate of drug-likeness (QED) is 0.629. The third-order valence-corrected chi connectivity index (χ3v) is 5.42. The number of nitrogens with zero attached hydrogens (tertiary/aromatic N) is 4. The largest absolute Gasteiger partial charge is 0.390 e. The van der Waals surface area contributed by atoms with Gasteiger partial charge in [-0.15, -0.1) is 11.3 Å². The molecule has 0 saturated heterocycles. The molecular formula is C16H17N5O3S. The van der Waals surface area contributed by atoms with Crippen molar-refractivity contribution in [1.82, 2.24) is 9.78 Å². The van der Waals surface area contributed by atoms with Gasteiger partial charge < -0.3 is 15.4 Å². The number of aryl methyl sites for hydroxylation is 3. The number of anilines is 1. The van der Waals surface area contributed by atoms with Gasteiger partial charge in [-0.05, 0) is 43.1 Å². The maximum Gasteiger partial charge on any atom is 0.390 e. The second-order valence-corrected chi connectivity index (χ2v) is 7.05. The van der Waals surface area contributed by atoms with E-state index in [1.165, 1.54) is 27.0 Å². The van der Waals surface area contributed by atoms with Crippen LogP contribution in [0, 0.1) is 28.4 Å². The van der Waals surface area contributed by atoms with Gasteiger partial charge in [-0.3, -0.25) is 4.79 Å². The van der Waals surface area contributed by atoms with E-state index in [1.807, 2.05) is 0 Å². The number of hydrogen-bond acceptors (Lipinski definition) is 6. The topological polar surface area (TPSA) is 114 Å². The van der Waals surface area contributed by atoms with Crippen LogP contribution in [0.3, 0.4) is 0 Å². The van der Waals surface area contributed by atoms with Gasteiger partial charge in [0.1, 0.15) is 11.1 Å². The summed E-state index contributed by atoms with van der Waals surface area (Å²) in [7, 11) is 0. The number of nitro groups is 1. The molecule has 0 fully saturated rings. The summed E-state index contributed by atoms with van der Waals surface area (Å²) >= 11 is 1.49. The molecule has 1 aliphatic carbocycles. The summed E-state index contributed by atoms with van der Waals surface area (Å²) in [6.07, 6.45) is 3.72. The molecule has 3 rings (SSSR count). The molecule has 2 aromatic heterocycles. The van der Waals surface area contributed by atoms with Crippen molar-refractivity contribution in [2.75, 3.05) is 5.32 Å². The van der Waals surface area contributed by atoms with Crippen LogP contribution in [-0.2, 0) is 24.2 Å². The molecular weight excluding hydrogens is 342 g/mol. The highest BCUT2D eigenvalue weighted by Gasteiger charge is 2.23. The number of carbonyl (C=O) groups excluding carboxylic acids is 1. The zero-order valence-electron chi connectivity index (χ0n) is 13.7. The van der Waals surface area contributed by atoms with Crippen LogP contribution < -0.4 is 5.32 Å². The normalized spacial score (nSPS) is 12.6. The van der Waals surface area contributed by atoms with Crippen LogP contribution in [0.25, 0.3) is 0 Å². The van der Waals surface area contributed by atoms with Gasteiger partial charge >= 0.3 is 5.82 Å². The lowest BCUT2D eigenvalue weighted by Crippen LogP contribution is -2.13. The summed E-state index contributed by atoms with van der Waals surface area (Å²) in [6.45, 7) is 2.17. The van der Waals surface area contributed by atoms with Crippen LogP contribution in [0.1, 0.15) is 41.0 Å². The number of nitriles is 1. The van der Waals surface area contributed by atoms with Crippen molar-refractivity contribution in [3.05, 3.63) is 37.9 Å². The van der Waals surface area contributed by atoms with Crippen LogP contribution in [-0.4, -0.2) is 20.6 Å². The molecule has 130 valence electrons. The van der Waals surface area contributed by atoms with Gasteiger partial charge in [0.15, 0.2) is 0 Å². The van der Waals surface area contributed by atoms with E-state index in [9.17, 15) is 20.2 Å². The van der Waals surface area contributed by atoms with Crippen molar-refractivity contribution >= 4 is 28.1 Å². The second kappa shape index (κ2) is 7.03. The van der Waals surface area contributed by atoms with Crippen molar-refractivity contribution in [1.29, 1.82) is 5.26 Å². The zero-order valence-corrected chi connectivity index (χ0v) is 14.6. The lowest BCUT2D eigenvalue weighted by atomic mass is 10.1. The van der Waals surface area contributed by atoms with Gasteiger partial charge in [0, 0.05) is 11.3 Å². The molecule has 25 heavy (non-hydrogen) atoms. The zero-order chi connectivity index (χ0) is 18.0. The third-order valence-electron chi connectivity index (χ3n) is 4.22. The van der Waals surface area contributed by atoms with Crippen molar-refractivity contribution in [2.45, 2.75) is 45.6 Å². The molecule has 0 aromatic carbocycles. The lowest BCUT2D eigenvalue weighted by molar-refractivity contribution is -0.389. The minimum atomic E-state index is -0.532. The fraction of sp³-hybridized carbons (Fsp3) is 0.438. The highest BCUT2D eigenvalue weighted by molar-refractivity contribution is 7.16. The molecule has 0 aliphatic heterocycles. The van der Waals surface area contributed by atoms with Crippen molar-refractivity contribution in [3.63, 3.8) is 0 Å². The van der Waals surface area contributed by atoms with E-state index in [1.54, 1.807) is 6.92 Å². The van der Waals surface area contributed by atoms with E-state index in [0.29, 0.717) is 29.2 Å². The molecule has 0 saturated carbocycles. The van der Waals surface area contributed by atoms with Gasteiger partial charge in [-0.1, -0.05) is 0 Å². The molecule has 0 radical (unpaired) electrons. The molecule has 0 bridgehead atoms. The monoisotopic (exact) mass is 359 g/mol. The number of rotatable bonds is 6. The molecule has 2 aromatic rings. The maximum atomic E-state index is 12.1. The van der Waals surface area contributed by atoms with Gasteiger partial charge in [-0.2, -0.15) is 9.94 Å². The average Bonchev–Trinajstić information content (AvgIpc) is 3.22. The molecule has 8 nitrogen and oxygen atoms in total. The van der Waals surface area contributed by atoms with Crippen LogP contribution in [0.15, 0.2) is 6.07 Å². The molecule has 2 heterocycles. The summed E-state index contributed by atoms with van der Waals surface area (Å²) < 4.78 is 1.53. The Bertz CT molecular complexity index is 877. The SMILES string of the molecule is Cc1cc([N+](=O)[O-])nn1CCCC(=O)Nc1sc2c(c1C#N)CCC2. The predicted octanol–water partition coefficient (Wildman–Crippen LogP) is 2.94. The van der Waals surface area contributed by atoms with Gasteiger partial charge in [0.05, 0.1) is 29.0 Å². The van der Waals surface area contributed by atoms with Crippen LogP contribution in [0.4, 0.5) is 10.8 Å². The summed E-state index contributed by atoms with van der Waals surface area (Å²) in [5, 5.41) is 27.4.